The number of hydrogen-bond acceptors (Lipinski definition) is 6. The van der Waals surface area contributed by atoms with Crippen LogP contribution in [-0.4, -0.2) is 27.0 Å². The van der Waals surface area contributed by atoms with Crippen LogP contribution in [0, 0.1) is 13.8 Å². The van der Waals surface area contributed by atoms with Crippen LogP contribution in [0.4, 0.5) is 5.69 Å². The molecule has 2 heterocycles. The van der Waals surface area contributed by atoms with Gasteiger partial charge < -0.3 is 5.32 Å². The van der Waals surface area contributed by atoms with Crippen molar-refractivity contribution >= 4 is 50.7 Å². The SMILES string of the molecule is CCC(=O)Nc1ccc(C(=O)CSc2nc3sc(C)c(C)c3c(=O)n2CC)cc1. The summed E-state index contributed by atoms with van der Waals surface area (Å²) in [5.41, 5.74) is 2.15. The number of nitrogens with one attached hydrogen (secondary N) is 1. The number of thioether (sulfide) groups is 1. The monoisotopic (exact) mass is 429 g/mol. The van der Waals surface area contributed by atoms with Crippen molar-refractivity contribution in [1.29, 1.82) is 0 Å². The van der Waals surface area contributed by atoms with Gasteiger partial charge in [-0.25, -0.2) is 4.98 Å². The average Bonchev–Trinajstić information content (AvgIpc) is 3.00. The number of carbonyl (C=O) groups is 2. The Morgan fingerprint density at radius 3 is 2.48 bits per heavy atom. The highest BCUT2D eigenvalue weighted by Crippen LogP contribution is 2.28. The number of Topliss-reactive ketones (excluding diaryl/α,β-unsaturated/α-hetero) is 1. The Hall–Kier alpha value is -2.45. The minimum absolute atomic E-state index is 0.0506. The van der Waals surface area contributed by atoms with E-state index >= 15 is 0 Å². The molecule has 2 aromatic heterocycles. The number of benzene rings is 1. The fourth-order valence-corrected chi connectivity index (χ4v) is 4.93. The molecule has 8 heteroatoms. The molecule has 0 fully saturated rings. The van der Waals surface area contributed by atoms with E-state index in [9.17, 15) is 14.4 Å². The lowest BCUT2D eigenvalue weighted by Gasteiger charge is -2.10. The van der Waals surface area contributed by atoms with Crippen molar-refractivity contribution in [3.05, 3.63) is 50.6 Å². The fraction of sp³-hybridized carbons (Fsp3) is 0.333. The molecule has 0 bridgehead atoms. The van der Waals surface area contributed by atoms with Crippen LogP contribution in [0.1, 0.15) is 41.1 Å². The van der Waals surface area contributed by atoms with Gasteiger partial charge in [-0.2, -0.15) is 0 Å². The van der Waals surface area contributed by atoms with Crippen LogP contribution in [0.15, 0.2) is 34.2 Å². The standard InChI is InChI=1S/C21H23N3O3S2/c1-5-17(26)22-15-9-7-14(8-10-15)16(25)11-28-21-23-19-18(12(3)13(4)29-19)20(27)24(21)6-2/h7-10H,5-6,11H2,1-4H3,(H,22,26). The third-order valence-corrected chi connectivity index (χ3v) is 6.79. The van der Waals surface area contributed by atoms with E-state index in [0.717, 1.165) is 15.3 Å². The summed E-state index contributed by atoms with van der Waals surface area (Å²) in [6, 6.07) is 6.83. The third-order valence-electron chi connectivity index (χ3n) is 4.71. The predicted molar refractivity (Wildman–Crippen MR) is 119 cm³/mol. The van der Waals surface area contributed by atoms with Crippen molar-refractivity contribution in [1.82, 2.24) is 9.55 Å². The van der Waals surface area contributed by atoms with Gasteiger partial charge in [-0.05, 0) is 50.6 Å². The van der Waals surface area contributed by atoms with E-state index in [1.807, 2.05) is 20.8 Å². The van der Waals surface area contributed by atoms with Crippen molar-refractivity contribution in [3.63, 3.8) is 0 Å². The molecule has 0 saturated heterocycles. The first-order valence-corrected chi connectivity index (χ1v) is 11.2. The molecule has 1 aromatic carbocycles. The summed E-state index contributed by atoms with van der Waals surface area (Å²) >= 11 is 2.78. The van der Waals surface area contributed by atoms with Crippen molar-refractivity contribution in [2.75, 3.05) is 11.1 Å². The summed E-state index contributed by atoms with van der Waals surface area (Å²) in [5.74, 6) is 0.0543. The molecule has 0 atom stereocenters. The zero-order chi connectivity index (χ0) is 21.1. The number of ketones is 1. The van der Waals surface area contributed by atoms with Crippen LogP contribution >= 0.6 is 23.1 Å². The quantitative estimate of drug-likeness (QED) is 0.342. The maximum absolute atomic E-state index is 12.9. The predicted octanol–water partition coefficient (Wildman–Crippen LogP) is 4.42. The second kappa shape index (κ2) is 8.92. The molecule has 152 valence electrons. The van der Waals surface area contributed by atoms with Gasteiger partial charge in [0.25, 0.3) is 5.56 Å². The van der Waals surface area contributed by atoms with E-state index in [1.54, 1.807) is 35.8 Å². The Bertz CT molecular complexity index is 1130. The maximum atomic E-state index is 12.9. The van der Waals surface area contributed by atoms with Gasteiger partial charge >= 0.3 is 0 Å². The fourth-order valence-electron chi connectivity index (χ4n) is 2.90. The molecule has 1 N–H and O–H groups in total. The molecule has 0 spiro atoms. The number of aromatic nitrogens is 2. The first kappa shape index (κ1) is 21.3. The van der Waals surface area contributed by atoms with E-state index < -0.39 is 0 Å². The molecule has 0 saturated carbocycles. The van der Waals surface area contributed by atoms with E-state index in [2.05, 4.69) is 10.3 Å². The van der Waals surface area contributed by atoms with E-state index in [1.165, 1.54) is 23.1 Å². The van der Waals surface area contributed by atoms with Crippen LogP contribution in [0.25, 0.3) is 10.2 Å². The minimum atomic E-state index is -0.0716. The Morgan fingerprint density at radius 2 is 1.86 bits per heavy atom. The van der Waals surface area contributed by atoms with Crippen molar-refractivity contribution in [2.24, 2.45) is 0 Å². The third kappa shape index (κ3) is 4.43. The molecule has 29 heavy (non-hydrogen) atoms. The smallest absolute Gasteiger partial charge is 0.263 e. The molecule has 6 nitrogen and oxygen atoms in total. The van der Waals surface area contributed by atoms with Crippen LogP contribution < -0.4 is 10.9 Å². The number of nitrogens with zero attached hydrogens (tertiary/aromatic N) is 2. The molecule has 0 unspecified atom stereocenters. The summed E-state index contributed by atoms with van der Waals surface area (Å²) < 4.78 is 1.63. The zero-order valence-corrected chi connectivity index (χ0v) is 18.5. The van der Waals surface area contributed by atoms with Gasteiger partial charge in [0.2, 0.25) is 5.91 Å². The van der Waals surface area contributed by atoms with Gasteiger partial charge in [-0.1, -0.05) is 18.7 Å². The molecular formula is C21H23N3O3S2. The summed E-state index contributed by atoms with van der Waals surface area (Å²) in [5, 5.41) is 4.00. The first-order valence-electron chi connectivity index (χ1n) is 9.42. The van der Waals surface area contributed by atoms with Gasteiger partial charge in [0.05, 0.1) is 11.1 Å². The number of anilines is 1. The Kier molecular flexibility index (Phi) is 6.54. The Balaban J connectivity index is 1.79. The number of aryl methyl sites for hydroxylation is 2. The molecule has 3 rings (SSSR count). The lowest BCUT2D eigenvalue weighted by Crippen LogP contribution is -2.22. The molecule has 3 aromatic rings. The van der Waals surface area contributed by atoms with Crippen molar-refractivity contribution in [3.8, 4) is 0 Å². The number of rotatable bonds is 7. The number of hydrogen-bond donors (Lipinski definition) is 1. The second-order valence-corrected chi connectivity index (χ2v) is 8.74. The minimum Gasteiger partial charge on any atom is -0.326 e. The molecule has 0 aliphatic heterocycles. The first-order chi connectivity index (χ1) is 13.8. The van der Waals surface area contributed by atoms with Gasteiger partial charge in [-0.15, -0.1) is 11.3 Å². The topological polar surface area (TPSA) is 81.1 Å². The average molecular weight is 430 g/mol. The molecule has 1 amide bonds. The zero-order valence-electron chi connectivity index (χ0n) is 16.9. The number of fused-ring (bicyclic) bond motifs is 1. The lowest BCUT2D eigenvalue weighted by molar-refractivity contribution is -0.115. The van der Waals surface area contributed by atoms with Crippen LogP contribution in [0.2, 0.25) is 0 Å². The lowest BCUT2D eigenvalue weighted by atomic mass is 10.1. The van der Waals surface area contributed by atoms with Crippen molar-refractivity contribution in [2.45, 2.75) is 45.8 Å². The molecule has 0 radical (unpaired) electrons. The number of amides is 1. The molecule has 0 aliphatic rings. The normalized spacial score (nSPS) is 11.0. The van der Waals surface area contributed by atoms with Crippen LogP contribution in [-0.2, 0) is 11.3 Å². The summed E-state index contributed by atoms with van der Waals surface area (Å²) in [4.78, 5) is 43.4. The molecule has 0 aliphatic carbocycles. The highest BCUT2D eigenvalue weighted by Gasteiger charge is 2.17. The summed E-state index contributed by atoms with van der Waals surface area (Å²) in [6.07, 6.45) is 0.400. The van der Waals surface area contributed by atoms with Gasteiger partial charge in [0.1, 0.15) is 4.83 Å². The number of thiophene rings is 1. The Morgan fingerprint density at radius 1 is 1.17 bits per heavy atom. The van der Waals surface area contributed by atoms with Crippen LogP contribution in [0.5, 0.6) is 0 Å². The highest BCUT2D eigenvalue weighted by atomic mass is 32.2. The van der Waals surface area contributed by atoms with Gasteiger partial charge in [-0.3, -0.25) is 19.0 Å². The largest absolute Gasteiger partial charge is 0.326 e. The van der Waals surface area contributed by atoms with Gasteiger partial charge in [0, 0.05) is 29.1 Å². The maximum Gasteiger partial charge on any atom is 0.263 e. The van der Waals surface area contributed by atoms with E-state index in [-0.39, 0.29) is 23.0 Å². The molecular weight excluding hydrogens is 406 g/mol. The number of carbonyl (C=O) groups excluding carboxylic acids is 2. The summed E-state index contributed by atoms with van der Waals surface area (Å²) in [6.45, 7) is 8.11. The Labute approximate surface area is 177 Å². The van der Waals surface area contributed by atoms with Crippen LogP contribution in [0.3, 0.4) is 0 Å². The highest BCUT2D eigenvalue weighted by molar-refractivity contribution is 7.99. The second-order valence-electron chi connectivity index (χ2n) is 6.60. The van der Waals surface area contributed by atoms with E-state index in [0.29, 0.717) is 34.8 Å². The summed E-state index contributed by atoms with van der Waals surface area (Å²) in [7, 11) is 0. The van der Waals surface area contributed by atoms with Crippen molar-refractivity contribution < 1.29 is 9.59 Å². The van der Waals surface area contributed by atoms with Gasteiger partial charge in [0.15, 0.2) is 10.9 Å². The van der Waals surface area contributed by atoms with E-state index in [4.69, 9.17) is 0 Å².